The number of hydrogen-bond donors (Lipinski definition) is 1. The molecule has 1 aliphatic rings. The van der Waals surface area contributed by atoms with Crippen LogP contribution in [-0.4, -0.2) is 38.3 Å². The highest BCUT2D eigenvalue weighted by molar-refractivity contribution is 7.91. The third kappa shape index (κ3) is 3.71. The van der Waals surface area contributed by atoms with Crippen molar-refractivity contribution in [2.75, 3.05) is 19.6 Å². The van der Waals surface area contributed by atoms with E-state index in [1.807, 2.05) is 12.3 Å². The van der Waals surface area contributed by atoms with E-state index in [2.05, 4.69) is 5.32 Å². The van der Waals surface area contributed by atoms with Gasteiger partial charge in [0.05, 0.1) is 6.26 Å². The van der Waals surface area contributed by atoms with Crippen LogP contribution in [0.4, 0.5) is 0 Å². The van der Waals surface area contributed by atoms with Crippen LogP contribution in [0.25, 0.3) is 0 Å². The average Bonchev–Trinajstić information content (AvgIpc) is 3.24. The van der Waals surface area contributed by atoms with Crippen molar-refractivity contribution in [2.45, 2.75) is 24.0 Å². The van der Waals surface area contributed by atoms with Gasteiger partial charge in [-0.25, -0.2) is 8.42 Å². The van der Waals surface area contributed by atoms with E-state index in [-0.39, 0.29) is 17.6 Å². The highest BCUT2D eigenvalue weighted by Crippen LogP contribution is 2.27. The summed E-state index contributed by atoms with van der Waals surface area (Å²) in [6, 6.07) is 4.97. The Hall–Kier alpha value is -1.64. The first-order valence-corrected chi connectivity index (χ1v) is 10.2. The van der Waals surface area contributed by atoms with Crippen molar-refractivity contribution in [2.24, 2.45) is 5.92 Å². The van der Waals surface area contributed by atoms with Crippen molar-refractivity contribution in [3.05, 3.63) is 41.2 Å². The number of nitrogens with one attached hydrogen (secondary N) is 1. The van der Waals surface area contributed by atoms with E-state index in [0.717, 1.165) is 18.4 Å². The summed E-state index contributed by atoms with van der Waals surface area (Å²) in [4.78, 5) is 11.9. The van der Waals surface area contributed by atoms with Crippen molar-refractivity contribution in [3.63, 3.8) is 0 Å². The molecule has 0 aromatic carbocycles. The molecule has 3 heterocycles. The van der Waals surface area contributed by atoms with Gasteiger partial charge in [-0.15, -0.1) is 11.3 Å². The van der Waals surface area contributed by atoms with Crippen molar-refractivity contribution in [1.29, 1.82) is 0 Å². The van der Waals surface area contributed by atoms with Crippen LogP contribution in [0.15, 0.2) is 38.5 Å². The van der Waals surface area contributed by atoms with Gasteiger partial charge in [-0.1, -0.05) is 0 Å². The predicted octanol–water partition coefficient (Wildman–Crippen LogP) is 2.48. The van der Waals surface area contributed by atoms with Crippen LogP contribution in [-0.2, 0) is 10.0 Å². The van der Waals surface area contributed by atoms with Gasteiger partial charge in [0.1, 0.15) is 4.21 Å². The molecule has 0 radical (unpaired) electrons. The lowest BCUT2D eigenvalue weighted by molar-refractivity contribution is 0.0914. The second-order valence-electron chi connectivity index (χ2n) is 6.00. The molecular weight excluding hydrogens is 348 g/mol. The van der Waals surface area contributed by atoms with E-state index in [1.54, 1.807) is 18.2 Å². The Balaban J connectivity index is 1.61. The summed E-state index contributed by atoms with van der Waals surface area (Å²) < 4.78 is 32.4. The monoisotopic (exact) mass is 368 g/mol. The number of piperidine rings is 1. The molecule has 1 aliphatic heterocycles. The van der Waals surface area contributed by atoms with Gasteiger partial charge in [0.25, 0.3) is 15.9 Å². The van der Waals surface area contributed by atoms with Crippen molar-refractivity contribution in [3.8, 4) is 0 Å². The minimum atomic E-state index is -3.44. The van der Waals surface area contributed by atoms with E-state index in [9.17, 15) is 13.2 Å². The molecule has 1 N–H and O–H groups in total. The smallest absolute Gasteiger partial charge is 0.286 e. The van der Waals surface area contributed by atoms with Gasteiger partial charge in [-0.05, 0) is 54.8 Å². The molecule has 1 fully saturated rings. The van der Waals surface area contributed by atoms with Crippen LogP contribution in [0.1, 0.15) is 29.0 Å². The van der Waals surface area contributed by atoms with Crippen LogP contribution in [0.3, 0.4) is 0 Å². The molecule has 0 spiro atoms. The summed E-state index contributed by atoms with van der Waals surface area (Å²) in [5, 5.41) is 4.66. The van der Waals surface area contributed by atoms with E-state index >= 15 is 0 Å². The van der Waals surface area contributed by atoms with Crippen molar-refractivity contribution in [1.82, 2.24) is 9.62 Å². The number of carbonyl (C=O) groups excluding carboxylic acids is 1. The number of amides is 1. The second kappa shape index (κ2) is 7.08. The molecule has 0 unspecified atom stereocenters. The zero-order valence-corrected chi connectivity index (χ0v) is 15.0. The topological polar surface area (TPSA) is 79.6 Å². The Bertz CT molecular complexity index is 796. The molecule has 0 saturated carbocycles. The second-order valence-corrected chi connectivity index (χ2v) is 9.08. The van der Waals surface area contributed by atoms with Gasteiger partial charge >= 0.3 is 0 Å². The number of thiophene rings is 1. The standard InChI is InChI=1S/C16H20N2O4S2/c1-12-8-15(23-11-12)24(20,21)18-6-2-4-13(10-18)9-17-16(19)14-5-3-7-22-14/h3,5,7-8,11,13H,2,4,6,9-10H2,1H3,(H,17,19)/t13-/m1/s1. The molecule has 3 rings (SSSR count). The predicted molar refractivity (Wildman–Crippen MR) is 91.6 cm³/mol. The van der Waals surface area contributed by atoms with Gasteiger partial charge in [0.15, 0.2) is 5.76 Å². The van der Waals surface area contributed by atoms with Crippen LogP contribution in [0.2, 0.25) is 0 Å². The molecule has 8 heteroatoms. The van der Waals surface area contributed by atoms with Crippen LogP contribution >= 0.6 is 11.3 Å². The molecule has 1 amide bonds. The first kappa shape index (κ1) is 17.2. The number of nitrogens with zero attached hydrogens (tertiary/aromatic N) is 1. The van der Waals surface area contributed by atoms with Crippen LogP contribution < -0.4 is 5.32 Å². The first-order chi connectivity index (χ1) is 11.5. The molecule has 24 heavy (non-hydrogen) atoms. The molecule has 0 aliphatic carbocycles. The lowest BCUT2D eigenvalue weighted by atomic mass is 10.00. The Morgan fingerprint density at radius 2 is 2.33 bits per heavy atom. The molecule has 2 aromatic rings. The lowest BCUT2D eigenvalue weighted by Gasteiger charge is -2.31. The minimum absolute atomic E-state index is 0.105. The van der Waals surface area contributed by atoms with Gasteiger partial charge in [-0.2, -0.15) is 4.31 Å². The maximum Gasteiger partial charge on any atom is 0.286 e. The van der Waals surface area contributed by atoms with E-state index in [0.29, 0.717) is 23.8 Å². The van der Waals surface area contributed by atoms with Crippen molar-refractivity contribution >= 4 is 27.3 Å². The Kier molecular flexibility index (Phi) is 5.07. The quantitative estimate of drug-likeness (QED) is 0.879. The van der Waals surface area contributed by atoms with Gasteiger partial charge in [0, 0.05) is 19.6 Å². The normalized spacial score (nSPS) is 19.3. The molecular formula is C16H20N2O4S2. The fourth-order valence-corrected chi connectivity index (χ4v) is 5.75. The average molecular weight is 368 g/mol. The summed E-state index contributed by atoms with van der Waals surface area (Å²) in [7, 11) is -3.44. The van der Waals surface area contributed by atoms with E-state index < -0.39 is 10.0 Å². The fourth-order valence-electron chi connectivity index (χ4n) is 2.81. The molecule has 2 aromatic heterocycles. The zero-order chi connectivity index (χ0) is 17.2. The minimum Gasteiger partial charge on any atom is -0.459 e. The van der Waals surface area contributed by atoms with Crippen LogP contribution in [0, 0.1) is 12.8 Å². The summed E-state index contributed by atoms with van der Waals surface area (Å²) in [6.07, 6.45) is 3.14. The molecule has 0 bridgehead atoms. The van der Waals surface area contributed by atoms with E-state index in [4.69, 9.17) is 4.42 Å². The van der Waals surface area contributed by atoms with Gasteiger partial charge in [0.2, 0.25) is 0 Å². The number of sulfonamides is 1. The molecule has 130 valence electrons. The van der Waals surface area contributed by atoms with Crippen LogP contribution in [0.5, 0.6) is 0 Å². The van der Waals surface area contributed by atoms with E-state index in [1.165, 1.54) is 21.9 Å². The number of furan rings is 1. The molecule has 1 atom stereocenters. The molecule has 1 saturated heterocycles. The Morgan fingerprint density at radius 3 is 3.00 bits per heavy atom. The fraction of sp³-hybridized carbons (Fsp3) is 0.438. The zero-order valence-electron chi connectivity index (χ0n) is 13.4. The summed E-state index contributed by atoms with van der Waals surface area (Å²) in [6.45, 7) is 3.29. The maximum absolute atomic E-state index is 12.7. The summed E-state index contributed by atoms with van der Waals surface area (Å²) >= 11 is 1.26. The maximum atomic E-state index is 12.7. The highest BCUT2D eigenvalue weighted by atomic mass is 32.2. The molecule has 6 nitrogen and oxygen atoms in total. The number of aryl methyl sites for hydroxylation is 1. The third-order valence-electron chi connectivity index (χ3n) is 4.08. The summed E-state index contributed by atoms with van der Waals surface area (Å²) in [5.74, 6) is 0.103. The largest absolute Gasteiger partial charge is 0.459 e. The summed E-state index contributed by atoms with van der Waals surface area (Å²) in [5.41, 5.74) is 0.956. The lowest BCUT2D eigenvalue weighted by Crippen LogP contribution is -2.43. The Labute approximate surface area is 145 Å². The SMILES string of the molecule is Cc1csc(S(=O)(=O)N2CCC[C@H](CNC(=O)c3ccco3)C2)c1. The van der Waals surface area contributed by atoms with Gasteiger partial charge in [-0.3, -0.25) is 4.79 Å². The number of carbonyl (C=O) groups is 1. The first-order valence-electron chi connectivity index (χ1n) is 7.84. The van der Waals surface area contributed by atoms with Crippen molar-refractivity contribution < 1.29 is 17.6 Å². The third-order valence-corrected chi connectivity index (χ3v) is 7.48. The highest BCUT2D eigenvalue weighted by Gasteiger charge is 2.31. The number of hydrogen-bond acceptors (Lipinski definition) is 5. The Morgan fingerprint density at radius 1 is 1.50 bits per heavy atom. The van der Waals surface area contributed by atoms with Gasteiger partial charge < -0.3 is 9.73 Å². The number of rotatable bonds is 5.